The number of carboxylic acid groups (broad SMARTS) is 1. The first-order chi connectivity index (χ1) is 10.6. The highest BCUT2D eigenvalue weighted by molar-refractivity contribution is 7.99. The molecule has 23 heavy (non-hydrogen) atoms. The molecule has 0 radical (unpaired) electrons. The fourth-order valence-corrected chi connectivity index (χ4v) is 3.81. The Hall–Kier alpha value is -1.60. The lowest BCUT2D eigenvalue weighted by Crippen LogP contribution is -2.45. The van der Waals surface area contributed by atoms with E-state index in [4.69, 9.17) is 16.3 Å². The predicted molar refractivity (Wildman–Crippen MR) is 87.8 cm³/mol. The molecule has 1 amide bonds. The molecule has 1 fully saturated rings. The summed E-state index contributed by atoms with van der Waals surface area (Å²) in [5.41, 5.74) is -0.369. The van der Waals surface area contributed by atoms with Crippen LogP contribution in [0.5, 0.6) is 5.75 Å². The van der Waals surface area contributed by atoms with Gasteiger partial charge in [-0.05, 0) is 39.0 Å². The summed E-state index contributed by atoms with van der Waals surface area (Å²) in [6.07, 6.45) is -0.737. The number of rotatable bonds is 2. The van der Waals surface area contributed by atoms with E-state index in [1.807, 2.05) is 0 Å². The largest absolute Gasteiger partial charge is 0.508 e. The SMILES string of the molecule is CC(C)(C)OC(=O)N1C(c2cc(Cl)ccc2O)SC[C@H]1C(=O)O. The van der Waals surface area contributed by atoms with Gasteiger partial charge in [-0.2, -0.15) is 0 Å². The molecular formula is C15H18ClNO5S. The van der Waals surface area contributed by atoms with Crippen LogP contribution < -0.4 is 0 Å². The van der Waals surface area contributed by atoms with Gasteiger partial charge in [-0.3, -0.25) is 4.90 Å². The summed E-state index contributed by atoms with van der Waals surface area (Å²) in [5.74, 6) is -0.968. The van der Waals surface area contributed by atoms with E-state index < -0.39 is 29.1 Å². The number of halogens is 1. The molecule has 2 rings (SSSR count). The molecule has 2 atom stereocenters. The summed E-state index contributed by atoms with van der Waals surface area (Å²) in [6, 6.07) is 3.43. The lowest BCUT2D eigenvalue weighted by molar-refractivity contribution is -0.142. The third kappa shape index (κ3) is 4.03. The second-order valence-electron chi connectivity index (χ2n) is 6.13. The summed E-state index contributed by atoms with van der Waals surface area (Å²) in [6.45, 7) is 5.11. The monoisotopic (exact) mass is 359 g/mol. The third-order valence-electron chi connectivity index (χ3n) is 3.15. The van der Waals surface area contributed by atoms with Crippen LogP contribution in [-0.4, -0.2) is 44.6 Å². The Bertz CT molecular complexity index is 631. The predicted octanol–water partition coefficient (Wildman–Crippen LogP) is 3.48. The number of phenolic OH excluding ortho intramolecular Hbond substituents is 1. The summed E-state index contributed by atoms with van der Waals surface area (Å²) in [7, 11) is 0. The van der Waals surface area contributed by atoms with Crippen LogP contribution in [0.4, 0.5) is 4.79 Å². The van der Waals surface area contributed by atoms with Crippen molar-refractivity contribution >= 4 is 35.4 Å². The summed E-state index contributed by atoms with van der Waals surface area (Å²) in [5, 5.41) is 19.1. The maximum atomic E-state index is 12.5. The van der Waals surface area contributed by atoms with Gasteiger partial charge in [-0.25, -0.2) is 9.59 Å². The molecule has 1 heterocycles. The van der Waals surface area contributed by atoms with E-state index in [0.717, 1.165) is 4.90 Å². The number of carboxylic acids is 1. The van der Waals surface area contributed by atoms with Gasteiger partial charge in [0.25, 0.3) is 0 Å². The molecule has 1 unspecified atom stereocenters. The van der Waals surface area contributed by atoms with Crippen LogP contribution in [0.2, 0.25) is 5.02 Å². The first-order valence-corrected chi connectivity index (χ1v) is 8.37. The van der Waals surface area contributed by atoms with Crippen LogP contribution in [0, 0.1) is 0 Å². The minimum absolute atomic E-state index is 0.0495. The van der Waals surface area contributed by atoms with Gasteiger partial charge in [0.15, 0.2) is 0 Å². The van der Waals surface area contributed by atoms with E-state index >= 15 is 0 Å². The fourth-order valence-electron chi connectivity index (χ4n) is 2.20. The Morgan fingerprint density at radius 3 is 2.61 bits per heavy atom. The average Bonchev–Trinajstić information content (AvgIpc) is 2.84. The number of carbonyl (C=O) groups is 2. The van der Waals surface area contributed by atoms with Gasteiger partial charge in [0, 0.05) is 16.3 Å². The minimum Gasteiger partial charge on any atom is -0.508 e. The molecule has 0 saturated carbocycles. The lowest BCUT2D eigenvalue weighted by atomic mass is 10.1. The fraction of sp³-hybridized carbons (Fsp3) is 0.467. The molecule has 1 aromatic carbocycles. The normalized spacial score (nSPS) is 21.3. The van der Waals surface area contributed by atoms with Crippen LogP contribution >= 0.6 is 23.4 Å². The van der Waals surface area contributed by atoms with Crippen LogP contribution in [-0.2, 0) is 9.53 Å². The topological polar surface area (TPSA) is 87.1 Å². The molecule has 126 valence electrons. The van der Waals surface area contributed by atoms with E-state index in [9.17, 15) is 19.8 Å². The maximum Gasteiger partial charge on any atom is 0.412 e. The number of thioether (sulfide) groups is 1. The Kier molecular flexibility index (Phi) is 5.01. The van der Waals surface area contributed by atoms with Crippen molar-refractivity contribution in [2.45, 2.75) is 37.8 Å². The van der Waals surface area contributed by atoms with Crippen molar-refractivity contribution in [3.63, 3.8) is 0 Å². The molecule has 1 aromatic rings. The zero-order valence-corrected chi connectivity index (χ0v) is 14.5. The van der Waals surface area contributed by atoms with Crippen LogP contribution in [0.3, 0.4) is 0 Å². The number of hydrogen-bond acceptors (Lipinski definition) is 5. The van der Waals surface area contributed by atoms with Crippen LogP contribution in [0.25, 0.3) is 0 Å². The molecule has 1 aliphatic heterocycles. The van der Waals surface area contributed by atoms with Gasteiger partial charge in [-0.1, -0.05) is 11.6 Å². The Morgan fingerprint density at radius 2 is 2.04 bits per heavy atom. The molecule has 6 nitrogen and oxygen atoms in total. The van der Waals surface area contributed by atoms with Crippen molar-refractivity contribution in [3.05, 3.63) is 28.8 Å². The molecule has 2 N–H and O–H groups in total. The van der Waals surface area contributed by atoms with E-state index in [1.54, 1.807) is 20.8 Å². The number of amides is 1. The third-order valence-corrected chi connectivity index (χ3v) is 4.69. The highest BCUT2D eigenvalue weighted by Gasteiger charge is 2.45. The lowest BCUT2D eigenvalue weighted by Gasteiger charge is -2.30. The van der Waals surface area contributed by atoms with E-state index in [0.29, 0.717) is 10.6 Å². The molecule has 0 bridgehead atoms. The van der Waals surface area contributed by atoms with Gasteiger partial charge < -0.3 is 14.9 Å². The molecule has 0 spiro atoms. The standard InChI is InChI=1S/C15H18ClNO5S/c1-15(2,3)22-14(21)17-10(13(19)20)7-23-12(17)9-6-8(16)4-5-11(9)18/h4-6,10,12,18H,7H2,1-3H3,(H,19,20)/t10-,12?/m0/s1. The van der Waals surface area contributed by atoms with Gasteiger partial charge >= 0.3 is 12.1 Å². The zero-order chi connectivity index (χ0) is 17.4. The molecule has 1 aliphatic rings. The zero-order valence-electron chi connectivity index (χ0n) is 12.9. The van der Waals surface area contributed by atoms with Crippen molar-refractivity contribution in [2.75, 3.05) is 5.75 Å². The number of aromatic hydroxyl groups is 1. The van der Waals surface area contributed by atoms with E-state index in [-0.39, 0.29) is 11.5 Å². The second kappa shape index (κ2) is 6.49. The maximum absolute atomic E-state index is 12.5. The Balaban J connectivity index is 2.39. The highest BCUT2D eigenvalue weighted by atomic mass is 35.5. The van der Waals surface area contributed by atoms with Gasteiger partial charge in [0.1, 0.15) is 22.8 Å². The molecular weight excluding hydrogens is 342 g/mol. The average molecular weight is 360 g/mol. The number of carbonyl (C=O) groups excluding carboxylic acids is 1. The number of hydrogen-bond donors (Lipinski definition) is 2. The quantitative estimate of drug-likeness (QED) is 0.840. The number of nitrogens with zero attached hydrogens (tertiary/aromatic N) is 1. The summed E-state index contributed by atoms with van der Waals surface area (Å²) >= 11 is 7.20. The molecule has 0 aliphatic carbocycles. The number of phenols is 1. The molecule has 8 heteroatoms. The second-order valence-corrected chi connectivity index (χ2v) is 7.68. The smallest absolute Gasteiger partial charge is 0.412 e. The van der Waals surface area contributed by atoms with Crippen LogP contribution in [0.1, 0.15) is 31.7 Å². The molecule has 1 saturated heterocycles. The van der Waals surface area contributed by atoms with Crippen molar-refractivity contribution in [2.24, 2.45) is 0 Å². The Labute approximate surface area is 143 Å². The molecule has 0 aromatic heterocycles. The first-order valence-electron chi connectivity index (χ1n) is 6.94. The highest BCUT2D eigenvalue weighted by Crippen LogP contribution is 2.45. The number of aliphatic carboxylic acids is 1. The summed E-state index contributed by atoms with van der Waals surface area (Å²) < 4.78 is 5.32. The van der Waals surface area contributed by atoms with Crippen molar-refractivity contribution in [3.8, 4) is 5.75 Å². The van der Waals surface area contributed by atoms with Crippen LogP contribution in [0.15, 0.2) is 18.2 Å². The van der Waals surface area contributed by atoms with Gasteiger partial charge in [-0.15, -0.1) is 11.8 Å². The Morgan fingerprint density at radius 1 is 1.39 bits per heavy atom. The van der Waals surface area contributed by atoms with E-state index in [1.165, 1.54) is 30.0 Å². The first kappa shape index (κ1) is 17.7. The van der Waals surface area contributed by atoms with Crippen molar-refractivity contribution in [1.82, 2.24) is 4.90 Å². The summed E-state index contributed by atoms with van der Waals surface area (Å²) in [4.78, 5) is 25.1. The number of ether oxygens (including phenoxy) is 1. The van der Waals surface area contributed by atoms with E-state index in [2.05, 4.69) is 0 Å². The number of benzene rings is 1. The van der Waals surface area contributed by atoms with Crippen molar-refractivity contribution < 1.29 is 24.5 Å². The van der Waals surface area contributed by atoms with Gasteiger partial charge in [0.05, 0.1) is 0 Å². The minimum atomic E-state index is -1.12. The van der Waals surface area contributed by atoms with Gasteiger partial charge in [0.2, 0.25) is 0 Å². The van der Waals surface area contributed by atoms with Crippen molar-refractivity contribution in [1.29, 1.82) is 0 Å².